The smallest absolute Gasteiger partial charge is 0.238 e. The van der Waals surface area contributed by atoms with Crippen LogP contribution in [0, 0.1) is 27.7 Å². The zero-order valence-corrected chi connectivity index (χ0v) is 19.5. The molecule has 0 atom stereocenters. The van der Waals surface area contributed by atoms with E-state index < -0.39 is 0 Å². The maximum absolute atomic E-state index is 12.5. The number of benzene rings is 2. The highest BCUT2D eigenvalue weighted by Gasteiger charge is 2.12. The van der Waals surface area contributed by atoms with E-state index in [2.05, 4.69) is 27.8 Å². The number of nitrogens with one attached hydrogen (secondary N) is 3. The fourth-order valence-electron chi connectivity index (χ4n) is 3.57. The summed E-state index contributed by atoms with van der Waals surface area (Å²) in [4.78, 5) is 26.8. The van der Waals surface area contributed by atoms with Crippen LogP contribution in [0.4, 0.5) is 11.4 Å². The van der Waals surface area contributed by atoms with Crippen LogP contribution in [-0.4, -0.2) is 49.4 Å². The van der Waals surface area contributed by atoms with Crippen LogP contribution in [0.15, 0.2) is 36.4 Å². The Labute approximate surface area is 186 Å². The van der Waals surface area contributed by atoms with Crippen LogP contribution in [0.2, 0.25) is 0 Å². The average Bonchev–Trinajstić information content (AvgIpc) is 2.72. The summed E-state index contributed by atoms with van der Waals surface area (Å²) in [7, 11) is 0. The molecule has 2 aromatic carbocycles. The second kappa shape index (κ2) is 12.2. The molecule has 0 aliphatic carbocycles. The molecule has 0 saturated heterocycles. The van der Waals surface area contributed by atoms with Gasteiger partial charge in [-0.15, -0.1) is 0 Å². The minimum atomic E-state index is -0.0438. The van der Waals surface area contributed by atoms with Gasteiger partial charge in [0.2, 0.25) is 11.8 Å². The predicted molar refractivity (Wildman–Crippen MR) is 129 cm³/mol. The molecule has 0 fully saturated rings. The standard InChI is InChI=1S/C25H36N4O2/c1-6-29(17-23(31)28-25-20(4)12-8-13-21(25)5)15-9-14-26-16-22(30)27-24-18(2)10-7-11-19(24)3/h7-8,10-13,26H,6,9,14-17H2,1-5H3,(H,27,30)(H,28,31). The normalized spacial score (nSPS) is 10.9. The number of rotatable bonds is 11. The number of para-hydroxylation sites is 2. The van der Waals surface area contributed by atoms with E-state index in [1.54, 1.807) is 0 Å². The van der Waals surface area contributed by atoms with Crippen molar-refractivity contribution in [2.24, 2.45) is 0 Å². The van der Waals surface area contributed by atoms with E-state index in [1.165, 1.54) is 0 Å². The van der Waals surface area contributed by atoms with Gasteiger partial charge >= 0.3 is 0 Å². The largest absolute Gasteiger partial charge is 0.324 e. The molecule has 3 N–H and O–H groups in total. The zero-order chi connectivity index (χ0) is 22.8. The predicted octanol–water partition coefficient (Wildman–Crippen LogP) is 3.80. The highest BCUT2D eigenvalue weighted by molar-refractivity contribution is 5.94. The molecule has 0 spiro atoms. The van der Waals surface area contributed by atoms with Gasteiger partial charge in [0.05, 0.1) is 13.1 Å². The van der Waals surface area contributed by atoms with Crippen molar-refractivity contribution in [1.82, 2.24) is 10.2 Å². The summed E-state index contributed by atoms with van der Waals surface area (Å²) >= 11 is 0. The van der Waals surface area contributed by atoms with Crippen molar-refractivity contribution in [2.45, 2.75) is 41.0 Å². The topological polar surface area (TPSA) is 73.5 Å². The number of likely N-dealkylation sites (N-methyl/N-ethyl adjacent to an activating group) is 1. The van der Waals surface area contributed by atoms with Crippen molar-refractivity contribution < 1.29 is 9.59 Å². The van der Waals surface area contributed by atoms with Crippen molar-refractivity contribution >= 4 is 23.2 Å². The number of hydrogen-bond donors (Lipinski definition) is 3. The number of nitrogens with zero attached hydrogens (tertiary/aromatic N) is 1. The Balaban J connectivity index is 1.69. The lowest BCUT2D eigenvalue weighted by molar-refractivity contribution is -0.117. The Hall–Kier alpha value is -2.70. The summed E-state index contributed by atoms with van der Waals surface area (Å²) in [5.74, 6) is -0.0436. The molecule has 0 bridgehead atoms. The lowest BCUT2D eigenvalue weighted by Gasteiger charge is -2.20. The van der Waals surface area contributed by atoms with E-state index in [9.17, 15) is 9.59 Å². The van der Waals surface area contributed by atoms with Gasteiger partial charge in [-0.1, -0.05) is 43.3 Å². The van der Waals surface area contributed by atoms with Crippen molar-refractivity contribution in [3.8, 4) is 0 Å². The van der Waals surface area contributed by atoms with Gasteiger partial charge in [-0.3, -0.25) is 14.5 Å². The Bertz CT molecular complexity index is 855. The van der Waals surface area contributed by atoms with Gasteiger partial charge in [0.1, 0.15) is 0 Å². The molecule has 2 amide bonds. The van der Waals surface area contributed by atoms with Crippen molar-refractivity contribution in [3.05, 3.63) is 58.7 Å². The van der Waals surface area contributed by atoms with Crippen LogP contribution in [0.3, 0.4) is 0 Å². The molecule has 0 heterocycles. The Kier molecular flexibility index (Phi) is 9.69. The first-order chi connectivity index (χ1) is 14.8. The van der Waals surface area contributed by atoms with Gasteiger partial charge in [-0.05, 0) is 76.0 Å². The van der Waals surface area contributed by atoms with E-state index >= 15 is 0 Å². The van der Waals surface area contributed by atoms with Crippen LogP contribution in [0.1, 0.15) is 35.6 Å². The molecule has 6 nitrogen and oxygen atoms in total. The highest BCUT2D eigenvalue weighted by atomic mass is 16.2. The Morgan fingerprint density at radius 2 is 1.29 bits per heavy atom. The molecule has 168 valence electrons. The monoisotopic (exact) mass is 424 g/mol. The lowest BCUT2D eigenvalue weighted by Crippen LogP contribution is -2.36. The van der Waals surface area contributed by atoms with Crippen LogP contribution in [-0.2, 0) is 9.59 Å². The van der Waals surface area contributed by atoms with Gasteiger partial charge in [0, 0.05) is 11.4 Å². The first-order valence-electron chi connectivity index (χ1n) is 11.0. The van der Waals surface area contributed by atoms with Crippen molar-refractivity contribution in [3.63, 3.8) is 0 Å². The number of carbonyl (C=O) groups excluding carboxylic acids is 2. The second-order valence-electron chi connectivity index (χ2n) is 8.03. The minimum Gasteiger partial charge on any atom is -0.324 e. The summed E-state index contributed by atoms with van der Waals surface area (Å²) in [6.07, 6.45) is 0.862. The molecule has 6 heteroatoms. The second-order valence-corrected chi connectivity index (χ2v) is 8.03. The van der Waals surface area contributed by atoms with E-state index in [0.717, 1.165) is 59.7 Å². The number of carbonyl (C=O) groups is 2. The van der Waals surface area contributed by atoms with Gasteiger partial charge in [-0.25, -0.2) is 0 Å². The molecule has 0 aliphatic heterocycles. The number of aryl methyl sites for hydroxylation is 4. The summed E-state index contributed by atoms with van der Waals surface area (Å²) in [5.41, 5.74) is 6.05. The molecular weight excluding hydrogens is 388 g/mol. The average molecular weight is 425 g/mol. The van der Waals surface area contributed by atoms with Gasteiger partial charge in [-0.2, -0.15) is 0 Å². The van der Waals surface area contributed by atoms with E-state index in [-0.39, 0.29) is 18.4 Å². The van der Waals surface area contributed by atoms with Gasteiger partial charge in [0.25, 0.3) is 0 Å². The number of hydrogen-bond acceptors (Lipinski definition) is 4. The molecule has 0 saturated carbocycles. The summed E-state index contributed by atoms with van der Waals surface area (Å²) in [6, 6.07) is 12.0. The van der Waals surface area contributed by atoms with Crippen LogP contribution >= 0.6 is 0 Å². The summed E-state index contributed by atoms with van der Waals surface area (Å²) in [5, 5.41) is 9.22. The van der Waals surface area contributed by atoms with Crippen LogP contribution in [0.25, 0.3) is 0 Å². The third kappa shape index (κ3) is 7.81. The van der Waals surface area contributed by atoms with E-state index in [1.807, 2.05) is 64.1 Å². The SMILES string of the molecule is CCN(CCCNCC(=O)Nc1c(C)cccc1C)CC(=O)Nc1c(C)cccc1C. The fraction of sp³-hybridized carbons (Fsp3) is 0.440. The molecule has 0 aromatic heterocycles. The summed E-state index contributed by atoms with van der Waals surface area (Å²) in [6.45, 7) is 13.0. The van der Waals surface area contributed by atoms with Crippen molar-refractivity contribution in [2.75, 3.05) is 43.4 Å². The number of amides is 2. The molecule has 2 rings (SSSR count). The third-order valence-electron chi connectivity index (χ3n) is 5.42. The van der Waals surface area contributed by atoms with E-state index in [0.29, 0.717) is 6.54 Å². The molecule has 2 aromatic rings. The maximum Gasteiger partial charge on any atom is 0.238 e. The molecule has 0 aliphatic rings. The Morgan fingerprint density at radius 1 is 0.806 bits per heavy atom. The maximum atomic E-state index is 12.5. The first-order valence-corrected chi connectivity index (χ1v) is 11.0. The summed E-state index contributed by atoms with van der Waals surface area (Å²) < 4.78 is 0. The van der Waals surface area contributed by atoms with Crippen molar-refractivity contribution in [1.29, 1.82) is 0 Å². The number of anilines is 2. The quantitative estimate of drug-likeness (QED) is 0.480. The molecule has 0 unspecified atom stereocenters. The van der Waals surface area contributed by atoms with Gasteiger partial charge < -0.3 is 16.0 Å². The molecule has 0 radical (unpaired) electrons. The zero-order valence-electron chi connectivity index (χ0n) is 19.5. The minimum absolute atomic E-state index is 0.000174. The fourth-order valence-corrected chi connectivity index (χ4v) is 3.57. The molecule has 31 heavy (non-hydrogen) atoms. The first kappa shape index (κ1) is 24.6. The van der Waals surface area contributed by atoms with Crippen LogP contribution in [0.5, 0.6) is 0 Å². The lowest BCUT2D eigenvalue weighted by atomic mass is 10.1. The van der Waals surface area contributed by atoms with Crippen LogP contribution < -0.4 is 16.0 Å². The third-order valence-corrected chi connectivity index (χ3v) is 5.42. The van der Waals surface area contributed by atoms with E-state index in [4.69, 9.17) is 0 Å². The Morgan fingerprint density at radius 3 is 1.77 bits per heavy atom. The molecular formula is C25H36N4O2. The highest BCUT2D eigenvalue weighted by Crippen LogP contribution is 2.20. The van der Waals surface area contributed by atoms with Gasteiger partial charge in [0.15, 0.2) is 0 Å².